The fraction of sp³-hybridized carbons (Fsp3) is 0.385. The van der Waals surface area contributed by atoms with Gasteiger partial charge < -0.3 is 5.11 Å². The largest absolute Gasteiger partial charge is 0.396 e. The summed E-state index contributed by atoms with van der Waals surface area (Å²) in [5, 5.41) is 11.4. The van der Waals surface area contributed by atoms with Crippen LogP contribution in [-0.4, -0.2) is 35.9 Å². The molecule has 0 aliphatic rings. The average molecular weight is 312 g/mol. The second kappa shape index (κ2) is 6.43. The van der Waals surface area contributed by atoms with E-state index in [9.17, 15) is 8.42 Å². The van der Waals surface area contributed by atoms with Crippen LogP contribution < -0.4 is 0 Å². The van der Waals surface area contributed by atoms with Crippen LogP contribution in [0.2, 0.25) is 0 Å². The molecule has 20 heavy (non-hydrogen) atoms. The molecule has 2 aromatic heterocycles. The van der Waals surface area contributed by atoms with Gasteiger partial charge in [0.25, 0.3) is 0 Å². The van der Waals surface area contributed by atoms with Gasteiger partial charge in [0.2, 0.25) is 0 Å². The van der Waals surface area contributed by atoms with Crippen LogP contribution in [0.25, 0.3) is 10.7 Å². The zero-order valence-corrected chi connectivity index (χ0v) is 12.7. The van der Waals surface area contributed by atoms with Crippen LogP contribution >= 0.6 is 11.3 Å². The molecule has 2 rings (SSSR count). The van der Waals surface area contributed by atoms with E-state index in [1.807, 2.05) is 18.2 Å². The van der Waals surface area contributed by atoms with Gasteiger partial charge in [0.1, 0.15) is 5.01 Å². The van der Waals surface area contributed by atoms with Crippen molar-refractivity contribution in [3.8, 4) is 10.7 Å². The third-order valence-corrected chi connectivity index (χ3v) is 5.38. The van der Waals surface area contributed by atoms with Crippen LogP contribution in [0.5, 0.6) is 0 Å². The molecule has 0 saturated carbocycles. The maximum absolute atomic E-state index is 12.0. The van der Waals surface area contributed by atoms with E-state index in [1.54, 1.807) is 18.5 Å². The third kappa shape index (κ3) is 4.09. The molecule has 108 valence electrons. The van der Waals surface area contributed by atoms with Crippen molar-refractivity contribution in [2.45, 2.75) is 12.7 Å². The van der Waals surface area contributed by atoms with Crippen molar-refractivity contribution in [3.05, 3.63) is 35.5 Å². The van der Waals surface area contributed by atoms with Crippen molar-refractivity contribution >= 4 is 21.2 Å². The van der Waals surface area contributed by atoms with Crippen LogP contribution in [0.1, 0.15) is 12.6 Å². The number of pyridine rings is 1. The van der Waals surface area contributed by atoms with Crippen molar-refractivity contribution in [1.29, 1.82) is 0 Å². The Hall–Kier alpha value is -1.31. The summed E-state index contributed by atoms with van der Waals surface area (Å²) < 4.78 is 23.9. The average Bonchev–Trinajstić information content (AvgIpc) is 2.86. The van der Waals surface area contributed by atoms with Crippen LogP contribution in [0.4, 0.5) is 0 Å². The number of hydrogen-bond acceptors (Lipinski definition) is 6. The molecular formula is C13H16N2O3S2. The summed E-state index contributed by atoms with van der Waals surface area (Å²) in [6.45, 7) is 1.58. The highest BCUT2D eigenvalue weighted by atomic mass is 32.2. The fourth-order valence-corrected chi connectivity index (χ4v) is 4.34. The predicted octanol–water partition coefficient (Wildman–Crippen LogP) is 1.75. The highest BCUT2D eigenvalue weighted by Gasteiger charge is 2.18. The Morgan fingerprint density at radius 3 is 2.85 bits per heavy atom. The summed E-state index contributed by atoms with van der Waals surface area (Å²) in [6, 6.07) is 5.52. The predicted molar refractivity (Wildman–Crippen MR) is 79.1 cm³/mol. The number of aliphatic hydroxyl groups excluding tert-OH is 1. The second-order valence-corrected chi connectivity index (χ2v) is 7.67. The van der Waals surface area contributed by atoms with Gasteiger partial charge in [-0.25, -0.2) is 13.4 Å². The lowest BCUT2D eigenvalue weighted by Crippen LogP contribution is -2.18. The monoisotopic (exact) mass is 312 g/mol. The molecule has 0 saturated heterocycles. The van der Waals surface area contributed by atoms with Gasteiger partial charge in [-0.15, -0.1) is 11.3 Å². The Labute approximate surface area is 122 Å². The zero-order chi connectivity index (χ0) is 14.6. The van der Waals surface area contributed by atoms with Gasteiger partial charge in [0, 0.05) is 18.2 Å². The summed E-state index contributed by atoms with van der Waals surface area (Å²) in [5.41, 5.74) is 1.27. The summed E-state index contributed by atoms with van der Waals surface area (Å²) in [4.78, 5) is 8.50. The first-order valence-electron chi connectivity index (χ1n) is 6.17. The van der Waals surface area contributed by atoms with Gasteiger partial charge in [0.15, 0.2) is 9.84 Å². The molecule has 0 bridgehead atoms. The van der Waals surface area contributed by atoms with E-state index in [-0.39, 0.29) is 24.0 Å². The lowest BCUT2D eigenvalue weighted by atomic mass is 10.2. The Bertz CT molecular complexity index is 653. The van der Waals surface area contributed by atoms with E-state index in [0.29, 0.717) is 10.7 Å². The first-order chi connectivity index (χ1) is 9.50. The maximum atomic E-state index is 12.0. The molecule has 0 aromatic carbocycles. The summed E-state index contributed by atoms with van der Waals surface area (Å²) >= 11 is 1.38. The molecule has 1 unspecified atom stereocenters. The van der Waals surface area contributed by atoms with E-state index in [1.165, 1.54) is 11.3 Å². The Morgan fingerprint density at radius 2 is 2.20 bits per heavy atom. The molecule has 0 aliphatic carbocycles. The van der Waals surface area contributed by atoms with Gasteiger partial charge in [-0.05, 0) is 18.1 Å². The quantitative estimate of drug-likeness (QED) is 0.879. The van der Waals surface area contributed by atoms with Crippen molar-refractivity contribution < 1.29 is 13.5 Å². The van der Waals surface area contributed by atoms with E-state index in [2.05, 4.69) is 9.97 Å². The third-order valence-electron chi connectivity index (χ3n) is 2.65. The molecular weight excluding hydrogens is 296 g/mol. The van der Waals surface area contributed by atoms with Gasteiger partial charge in [-0.1, -0.05) is 13.0 Å². The van der Waals surface area contributed by atoms with E-state index < -0.39 is 9.84 Å². The van der Waals surface area contributed by atoms with Crippen molar-refractivity contribution in [2.24, 2.45) is 5.92 Å². The minimum absolute atomic E-state index is 0.0278. The molecule has 0 radical (unpaired) electrons. The first kappa shape index (κ1) is 15.1. The van der Waals surface area contributed by atoms with Gasteiger partial charge >= 0.3 is 0 Å². The number of aliphatic hydroxyl groups is 1. The molecule has 0 fully saturated rings. The summed E-state index contributed by atoms with van der Waals surface area (Å²) in [5.74, 6) is -0.380. The minimum Gasteiger partial charge on any atom is -0.396 e. The molecule has 2 heterocycles. The summed E-state index contributed by atoms with van der Waals surface area (Å²) in [6.07, 6.45) is 1.68. The normalized spacial score (nSPS) is 13.3. The van der Waals surface area contributed by atoms with Crippen LogP contribution in [0.15, 0.2) is 29.8 Å². The number of hydrogen-bond donors (Lipinski definition) is 1. The highest BCUT2D eigenvalue weighted by Crippen LogP contribution is 2.22. The van der Waals surface area contributed by atoms with Crippen molar-refractivity contribution in [2.75, 3.05) is 12.4 Å². The minimum atomic E-state index is -3.25. The molecule has 5 nitrogen and oxygen atoms in total. The fourth-order valence-electron chi connectivity index (χ4n) is 1.75. The van der Waals surface area contributed by atoms with Gasteiger partial charge in [0.05, 0.1) is 22.9 Å². The Morgan fingerprint density at radius 1 is 1.40 bits per heavy atom. The number of thiazole rings is 1. The first-order valence-corrected chi connectivity index (χ1v) is 8.87. The number of rotatable bonds is 6. The smallest absolute Gasteiger partial charge is 0.156 e. The second-order valence-electron chi connectivity index (χ2n) is 4.70. The van der Waals surface area contributed by atoms with E-state index in [4.69, 9.17) is 5.11 Å². The molecule has 1 atom stereocenters. The summed E-state index contributed by atoms with van der Waals surface area (Å²) in [7, 11) is -3.25. The lowest BCUT2D eigenvalue weighted by Gasteiger charge is -2.07. The molecule has 1 N–H and O–H groups in total. The molecule has 0 aliphatic heterocycles. The zero-order valence-electron chi connectivity index (χ0n) is 11.1. The van der Waals surface area contributed by atoms with Gasteiger partial charge in [-0.2, -0.15) is 0 Å². The molecule has 0 spiro atoms. The highest BCUT2D eigenvalue weighted by molar-refractivity contribution is 7.90. The maximum Gasteiger partial charge on any atom is 0.156 e. The standard InChI is InChI=1S/C13H16N2O3S2/c1-10(6-16)8-20(17,18)9-11-7-19-13(15-11)12-4-2-3-5-14-12/h2-5,7,10,16H,6,8-9H2,1H3. The van der Waals surface area contributed by atoms with E-state index in [0.717, 1.165) is 5.69 Å². The Kier molecular flexibility index (Phi) is 4.85. The SMILES string of the molecule is CC(CO)CS(=O)(=O)Cc1csc(-c2ccccn2)n1. The van der Waals surface area contributed by atoms with Crippen LogP contribution in [0.3, 0.4) is 0 Å². The number of aromatic nitrogens is 2. The number of nitrogens with zero attached hydrogens (tertiary/aromatic N) is 2. The van der Waals surface area contributed by atoms with Crippen LogP contribution in [0, 0.1) is 5.92 Å². The molecule has 0 amide bonds. The molecule has 2 aromatic rings. The van der Waals surface area contributed by atoms with Crippen molar-refractivity contribution in [1.82, 2.24) is 9.97 Å². The van der Waals surface area contributed by atoms with Crippen LogP contribution in [-0.2, 0) is 15.6 Å². The van der Waals surface area contributed by atoms with E-state index >= 15 is 0 Å². The Balaban J connectivity index is 2.10. The number of sulfone groups is 1. The van der Waals surface area contributed by atoms with Gasteiger partial charge in [-0.3, -0.25) is 4.98 Å². The topological polar surface area (TPSA) is 80.1 Å². The lowest BCUT2D eigenvalue weighted by molar-refractivity contribution is 0.249. The molecule has 7 heteroatoms. The van der Waals surface area contributed by atoms with Crippen molar-refractivity contribution in [3.63, 3.8) is 0 Å².